The highest BCUT2D eigenvalue weighted by Gasteiger charge is 2.10. The van der Waals surface area contributed by atoms with Gasteiger partial charge < -0.3 is 14.8 Å². The molecule has 0 amide bonds. The van der Waals surface area contributed by atoms with E-state index in [-0.39, 0.29) is 0 Å². The Bertz CT molecular complexity index is 861. The Balaban J connectivity index is 1.56. The van der Waals surface area contributed by atoms with E-state index in [1.165, 1.54) is 16.7 Å². The van der Waals surface area contributed by atoms with Crippen molar-refractivity contribution in [2.24, 2.45) is 0 Å². The summed E-state index contributed by atoms with van der Waals surface area (Å²) in [5, 5.41) is 3.54. The highest BCUT2D eigenvalue weighted by molar-refractivity contribution is 5.46. The van der Waals surface area contributed by atoms with E-state index in [1.807, 2.05) is 18.2 Å². The minimum atomic E-state index is 0.626. The first-order valence-electron chi connectivity index (χ1n) is 9.85. The van der Waals surface area contributed by atoms with Crippen LogP contribution in [0.5, 0.6) is 11.5 Å². The third kappa shape index (κ3) is 5.61. The van der Waals surface area contributed by atoms with Crippen molar-refractivity contribution in [2.45, 2.75) is 26.3 Å². The standard InChI is InChI=1S/C25H29NO2/c1-20-9-6-7-12-22(20)15-17-26-19-23-13-8-14-24(27-2)25(23)28-18-16-21-10-4-3-5-11-21/h3-14,26H,15-19H2,1-2H3. The van der Waals surface area contributed by atoms with Gasteiger partial charge in [0.15, 0.2) is 11.5 Å². The number of nitrogens with one attached hydrogen (secondary N) is 1. The second kappa shape index (κ2) is 10.5. The molecule has 0 aromatic heterocycles. The molecule has 3 aromatic carbocycles. The van der Waals surface area contributed by atoms with Crippen LogP contribution in [0.2, 0.25) is 0 Å². The fourth-order valence-corrected chi connectivity index (χ4v) is 3.28. The van der Waals surface area contributed by atoms with Gasteiger partial charge >= 0.3 is 0 Å². The minimum Gasteiger partial charge on any atom is -0.493 e. The summed E-state index contributed by atoms with van der Waals surface area (Å²) in [5.41, 5.74) is 5.13. The lowest BCUT2D eigenvalue weighted by atomic mass is 10.1. The second-order valence-electron chi connectivity index (χ2n) is 6.89. The van der Waals surface area contributed by atoms with Crippen molar-refractivity contribution in [1.29, 1.82) is 0 Å². The molecule has 3 rings (SSSR count). The molecule has 0 saturated carbocycles. The lowest BCUT2D eigenvalue weighted by molar-refractivity contribution is 0.294. The van der Waals surface area contributed by atoms with Crippen molar-refractivity contribution in [3.8, 4) is 11.5 Å². The van der Waals surface area contributed by atoms with Crippen LogP contribution < -0.4 is 14.8 Å². The molecule has 0 saturated heterocycles. The Morgan fingerprint density at radius 2 is 1.54 bits per heavy atom. The van der Waals surface area contributed by atoms with Gasteiger partial charge in [0.1, 0.15) is 0 Å². The van der Waals surface area contributed by atoms with Crippen LogP contribution >= 0.6 is 0 Å². The van der Waals surface area contributed by atoms with E-state index in [0.717, 1.165) is 43.0 Å². The van der Waals surface area contributed by atoms with E-state index < -0.39 is 0 Å². The van der Waals surface area contributed by atoms with Crippen LogP contribution in [-0.2, 0) is 19.4 Å². The van der Waals surface area contributed by atoms with E-state index in [1.54, 1.807) is 7.11 Å². The molecule has 0 aliphatic heterocycles. The molecule has 0 radical (unpaired) electrons. The van der Waals surface area contributed by atoms with Crippen molar-refractivity contribution < 1.29 is 9.47 Å². The van der Waals surface area contributed by atoms with Gasteiger partial charge in [0, 0.05) is 18.5 Å². The van der Waals surface area contributed by atoms with Crippen LogP contribution in [0.3, 0.4) is 0 Å². The van der Waals surface area contributed by atoms with Crippen LogP contribution in [0.4, 0.5) is 0 Å². The zero-order valence-electron chi connectivity index (χ0n) is 16.8. The highest BCUT2D eigenvalue weighted by Crippen LogP contribution is 2.31. The SMILES string of the molecule is COc1cccc(CNCCc2ccccc2C)c1OCCc1ccccc1. The maximum absolute atomic E-state index is 6.13. The summed E-state index contributed by atoms with van der Waals surface area (Å²) in [6.45, 7) is 4.46. The molecule has 0 unspecified atom stereocenters. The number of ether oxygens (including phenoxy) is 2. The maximum atomic E-state index is 6.13. The van der Waals surface area contributed by atoms with E-state index in [0.29, 0.717) is 6.61 Å². The largest absolute Gasteiger partial charge is 0.493 e. The molecule has 3 heteroatoms. The van der Waals surface area contributed by atoms with Gasteiger partial charge in [-0.3, -0.25) is 0 Å². The van der Waals surface area contributed by atoms with E-state index in [4.69, 9.17) is 9.47 Å². The first-order valence-corrected chi connectivity index (χ1v) is 9.85. The number of benzene rings is 3. The smallest absolute Gasteiger partial charge is 0.165 e. The zero-order chi connectivity index (χ0) is 19.6. The van der Waals surface area contributed by atoms with Crippen LogP contribution in [0.15, 0.2) is 72.8 Å². The first kappa shape index (κ1) is 20.0. The number of aryl methyl sites for hydroxylation is 1. The van der Waals surface area contributed by atoms with E-state index in [2.05, 4.69) is 66.8 Å². The number of rotatable bonds is 10. The molecule has 28 heavy (non-hydrogen) atoms. The molecule has 3 aromatic rings. The van der Waals surface area contributed by atoms with Crippen LogP contribution in [0, 0.1) is 6.92 Å². The number of para-hydroxylation sites is 1. The Morgan fingerprint density at radius 3 is 2.32 bits per heavy atom. The Morgan fingerprint density at radius 1 is 0.786 bits per heavy atom. The highest BCUT2D eigenvalue weighted by atomic mass is 16.5. The summed E-state index contributed by atoms with van der Waals surface area (Å²) in [4.78, 5) is 0. The molecular weight excluding hydrogens is 346 g/mol. The molecule has 3 nitrogen and oxygen atoms in total. The lowest BCUT2D eigenvalue weighted by Crippen LogP contribution is -2.18. The maximum Gasteiger partial charge on any atom is 0.165 e. The number of hydrogen-bond acceptors (Lipinski definition) is 3. The average Bonchev–Trinajstić information content (AvgIpc) is 2.74. The molecule has 1 N–H and O–H groups in total. The predicted molar refractivity (Wildman–Crippen MR) is 115 cm³/mol. The monoisotopic (exact) mass is 375 g/mol. The molecule has 0 spiro atoms. The number of hydrogen-bond donors (Lipinski definition) is 1. The van der Waals surface area contributed by atoms with Gasteiger partial charge in [-0.2, -0.15) is 0 Å². The van der Waals surface area contributed by atoms with Crippen molar-refractivity contribution >= 4 is 0 Å². The van der Waals surface area contributed by atoms with Gasteiger partial charge in [0.05, 0.1) is 13.7 Å². The van der Waals surface area contributed by atoms with Gasteiger partial charge in [-0.25, -0.2) is 0 Å². The van der Waals surface area contributed by atoms with Crippen molar-refractivity contribution in [3.63, 3.8) is 0 Å². The van der Waals surface area contributed by atoms with Gasteiger partial charge in [0.25, 0.3) is 0 Å². The van der Waals surface area contributed by atoms with Crippen LogP contribution in [0.1, 0.15) is 22.3 Å². The van der Waals surface area contributed by atoms with Crippen molar-refractivity contribution in [2.75, 3.05) is 20.3 Å². The average molecular weight is 376 g/mol. The molecule has 0 atom stereocenters. The lowest BCUT2D eigenvalue weighted by Gasteiger charge is -2.16. The third-order valence-electron chi connectivity index (χ3n) is 4.91. The Kier molecular flexibility index (Phi) is 7.51. The van der Waals surface area contributed by atoms with E-state index >= 15 is 0 Å². The molecule has 0 fully saturated rings. The summed E-state index contributed by atoms with van der Waals surface area (Å²) in [5.74, 6) is 1.62. The van der Waals surface area contributed by atoms with Gasteiger partial charge in [-0.1, -0.05) is 66.7 Å². The molecular formula is C25H29NO2. The van der Waals surface area contributed by atoms with Crippen molar-refractivity contribution in [3.05, 3.63) is 95.1 Å². The summed E-state index contributed by atoms with van der Waals surface area (Å²) < 4.78 is 11.7. The second-order valence-corrected chi connectivity index (χ2v) is 6.89. The summed E-state index contributed by atoms with van der Waals surface area (Å²) >= 11 is 0. The van der Waals surface area contributed by atoms with Gasteiger partial charge in [-0.05, 0) is 42.6 Å². The quantitative estimate of drug-likeness (QED) is 0.508. The molecule has 0 bridgehead atoms. The van der Waals surface area contributed by atoms with Crippen LogP contribution in [-0.4, -0.2) is 20.3 Å². The summed E-state index contributed by atoms with van der Waals surface area (Å²) in [6.07, 6.45) is 1.89. The first-order chi connectivity index (χ1) is 13.8. The molecule has 0 aliphatic rings. The summed E-state index contributed by atoms with van der Waals surface area (Å²) in [7, 11) is 1.69. The Hall–Kier alpha value is -2.78. The topological polar surface area (TPSA) is 30.5 Å². The minimum absolute atomic E-state index is 0.626. The molecule has 0 heterocycles. The normalized spacial score (nSPS) is 10.6. The van der Waals surface area contributed by atoms with Gasteiger partial charge in [0.2, 0.25) is 0 Å². The fraction of sp³-hybridized carbons (Fsp3) is 0.280. The number of methoxy groups -OCH3 is 1. The fourth-order valence-electron chi connectivity index (χ4n) is 3.28. The molecule has 0 aliphatic carbocycles. The summed E-state index contributed by atoms with van der Waals surface area (Å²) in [6, 6.07) is 25.0. The Labute approximate surface area is 168 Å². The van der Waals surface area contributed by atoms with Crippen LogP contribution in [0.25, 0.3) is 0 Å². The predicted octanol–water partition coefficient (Wildman–Crippen LogP) is 4.96. The van der Waals surface area contributed by atoms with E-state index in [9.17, 15) is 0 Å². The third-order valence-corrected chi connectivity index (χ3v) is 4.91. The zero-order valence-corrected chi connectivity index (χ0v) is 16.8. The van der Waals surface area contributed by atoms with Crippen molar-refractivity contribution in [1.82, 2.24) is 5.32 Å². The molecule has 146 valence electrons. The van der Waals surface area contributed by atoms with Gasteiger partial charge in [-0.15, -0.1) is 0 Å².